The minimum Gasteiger partial charge on any atom is -0.481 e. The Bertz CT molecular complexity index is 418. The van der Waals surface area contributed by atoms with Crippen molar-refractivity contribution in [1.29, 1.82) is 0 Å². The van der Waals surface area contributed by atoms with Crippen LogP contribution in [0.5, 0.6) is 11.8 Å². The predicted molar refractivity (Wildman–Crippen MR) is 58.1 cm³/mol. The summed E-state index contributed by atoms with van der Waals surface area (Å²) in [6.07, 6.45) is 0. The normalized spacial score (nSPS) is 11.5. The quantitative estimate of drug-likeness (QED) is 0.639. The molecule has 0 radical (unpaired) electrons. The highest BCUT2D eigenvalue weighted by Crippen LogP contribution is 2.16. The van der Waals surface area contributed by atoms with Gasteiger partial charge < -0.3 is 9.47 Å². The zero-order valence-electron chi connectivity index (χ0n) is 8.96. The molecule has 1 unspecified atom stereocenters. The summed E-state index contributed by atoms with van der Waals surface area (Å²) in [7, 11) is 2.77. The molecule has 0 saturated heterocycles. The number of aromatic nitrogens is 2. The summed E-state index contributed by atoms with van der Waals surface area (Å²) in [6, 6.07) is 0.480. The molecule has 0 aliphatic carbocycles. The van der Waals surface area contributed by atoms with Gasteiger partial charge in [-0.3, -0.25) is 9.87 Å². The fourth-order valence-electron chi connectivity index (χ4n) is 0.875. The van der Waals surface area contributed by atoms with Gasteiger partial charge in [-0.25, -0.2) is 13.7 Å². The van der Waals surface area contributed by atoms with E-state index in [0.717, 1.165) is 0 Å². The zero-order valence-corrected chi connectivity index (χ0v) is 9.78. The average molecular weight is 262 g/mol. The molecule has 0 fully saturated rings. The average Bonchev–Trinajstić information content (AvgIpc) is 2.27. The lowest BCUT2D eigenvalue weighted by molar-refractivity contribution is 0.256. The van der Waals surface area contributed by atoms with E-state index >= 15 is 0 Å². The third-order valence-corrected chi connectivity index (χ3v) is 1.86. The molecule has 1 atom stereocenters. The first kappa shape index (κ1) is 13.1. The number of hydrogen-bond donors (Lipinski definition) is 3. The Labute approximate surface area is 99.0 Å². The first-order valence-corrected chi connectivity index (χ1v) is 5.31. The van der Waals surface area contributed by atoms with Gasteiger partial charge in [0.15, 0.2) is 0 Å². The molecule has 1 aromatic rings. The fraction of sp³-hybridized carbons (Fsp3) is 0.286. The third-order valence-electron chi connectivity index (χ3n) is 1.50. The summed E-state index contributed by atoms with van der Waals surface area (Å²) >= 11 is -2.46. The molecule has 0 aliphatic rings. The van der Waals surface area contributed by atoms with Gasteiger partial charge in [-0.05, 0) is 0 Å². The van der Waals surface area contributed by atoms with Crippen molar-refractivity contribution < 1.29 is 23.0 Å². The highest BCUT2D eigenvalue weighted by Gasteiger charge is 2.09. The molecule has 0 spiro atoms. The molecule has 17 heavy (non-hydrogen) atoms. The van der Waals surface area contributed by atoms with Crippen molar-refractivity contribution in [3.8, 4) is 11.8 Å². The van der Waals surface area contributed by atoms with Gasteiger partial charge in [0, 0.05) is 0 Å². The van der Waals surface area contributed by atoms with Crippen LogP contribution >= 0.6 is 0 Å². The van der Waals surface area contributed by atoms with Crippen LogP contribution in [0, 0.1) is 0 Å². The van der Waals surface area contributed by atoms with Gasteiger partial charge in [-0.2, -0.15) is 9.97 Å². The maximum atomic E-state index is 11.1. The van der Waals surface area contributed by atoms with Crippen LogP contribution < -0.4 is 19.5 Å². The lowest BCUT2D eigenvalue weighted by Crippen LogP contribution is -2.30. The van der Waals surface area contributed by atoms with E-state index in [0.29, 0.717) is 0 Å². The molecule has 10 heteroatoms. The Balaban J connectivity index is 2.82. The Morgan fingerprint density at radius 2 is 1.88 bits per heavy atom. The number of carbonyl (C=O) groups excluding carboxylic acids is 1. The Kier molecular flexibility index (Phi) is 4.60. The Morgan fingerprint density at radius 1 is 1.35 bits per heavy atom. The molecular formula is C7H10N4O5S. The number of urea groups is 1. The van der Waals surface area contributed by atoms with E-state index in [2.05, 4.69) is 15.3 Å². The van der Waals surface area contributed by atoms with E-state index in [1.54, 1.807) is 4.72 Å². The van der Waals surface area contributed by atoms with Crippen LogP contribution in [0.3, 0.4) is 0 Å². The SMILES string of the molecule is COc1cc(OC)nc(NC(=O)NS(=O)O)n1. The molecule has 1 heterocycles. The van der Waals surface area contributed by atoms with Crippen LogP contribution in [0.4, 0.5) is 10.7 Å². The Hall–Kier alpha value is -1.94. The summed E-state index contributed by atoms with van der Waals surface area (Å²) < 4.78 is 30.1. The maximum absolute atomic E-state index is 11.1. The molecule has 0 saturated carbocycles. The van der Waals surface area contributed by atoms with Crippen LogP contribution in [0.25, 0.3) is 0 Å². The molecule has 1 rings (SSSR count). The van der Waals surface area contributed by atoms with Crippen molar-refractivity contribution >= 4 is 23.2 Å². The summed E-state index contributed by atoms with van der Waals surface area (Å²) in [4.78, 5) is 18.6. The first-order chi connectivity index (χ1) is 8.05. The van der Waals surface area contributed by atoms with Crippen molar-refractivity contribution in [2.24, 2.45) is 0 Å². The second-order valence-electron chi connectivity index (χ2n) is 2.58. The third kappa shape index (κ3) is 4.20. The van der Waals surface area contributed by atoms with Gasteiger partial charge in [0.05, 0.1) is 20.3 Å². The molecule has 2 amide bonds. The summed E-state index contributed by atoms with van der Waals surface area (Å²) in [5, 5.41) is 2.14. The predicted octanol–water partition coefficient (Wildman–Crippen LogP) is -0.248. The number of nitrogens with one attached hydrogen (secondary N) is 2. The number of ether oxygens (including phenoxy) is 2. The van der Waals surface area contributed by atoms with Gasteiger partial charge in [0.1, 0.15) is 0 Å². The summed E-state index contributed by atoms with van der Waals surface area (Å²) in [6.45, 7) is 0. The highest BCUT2D eigenvalue weighted by molar-refractivity contribution is 7.77. The van der Waals surface area contributed by atoms with Crippen LogP contribution in [-0.2, 0) is 11.3 Å². The number of rotatable bonds is 4. The number of carbonyl (C=O) groups is 1. The second kappa shape index (κ2) is 5.96. The number of nitrogens with zero attached hydrogens (tertiary/aromatic N) is 2. The number of methoxy groups -OCH3 is 2. The van der Waals surface area contributed by atoms with Crippen LogP contribution in [0.2, 0.25) is 0 Å². The smallest absolute Gasteiger partial charge is 0.335 e. The lowest BCUT2D eigenvalue weighted by atomic mass is 10.6. The van der Waals surface area contributed by atoms with E-state index in [9.17, 15) is 9.00 Å². The van der Waals surface area contributed by atoms with Gasteiger partial charge in [-0.15, -0.1) is 0 Å². The largest absolute Gasteiger partial charge is 0.481 e. The minimum absolute atomic E-state index is 0.121. The maximum Gasteiger partial charge on any atom is 0.335 e. The van der Waals surface area contributed by atoms with Crippen LogP contribution in [0.15, 0.2) is 6.07 Å². The van der Waals surface area contributed by atoms with Crippen molar-refractivity contribution in [2.45, 2.75) is 0 Å². The fourth-order valence-corrected chi connectivity index (χ4v) is 1.08. The molecule has 0 aromatic carbocycles. The molecular weight excluding hydrogens is 252 g/mol. The Morgan fingerprint density at radius 3 is 2.29 bits per heavy atom. The zero-order chi connectivity index (χ0) is 12.8. The van der Waals surface area contributed by atoms with E-state index in [1.165, 1.54) is 20.3 Å². The minimum atomic E-state index is -2.46. The monoisotopic (exact) mass is 262 g/mol. The highest BCUT2D eigenvalue weighted by atomic mass is 32.2. The standard InChI is InChI=1S/C7H10N4O5S/c1-15-4-3-5(16-2)9-6(8-4)10-7(12)11-17(13)14/h3H,1-2H3,(H,13,14)(H2,8,9,10,11,12). The van der Waals surface area contributed by atoms with E-state index in [1.807, 2.05) is 0 Å². The van der Waals surface area contributed by atoms with Crippen molar-refractivity contribution in [1.82, 2.24) is 14.7 Å². The number of hydrogen-bond acceptors (Lipinski definition) is 6. The molecule has 0 bridgehead atoms. The van der Waals surface area contributed by atoms with Gasteiger partial charge in [-0.1, -0.05) is 0 Å². The van der Waals surface area contributed by atoms with Gasteiger partial charge in [0.2, 0.25) is 17.7 Å². The van der Waals surface area contributed by atoms with Crippen molar-refractivity contribution in [3.05, 3.63) is 6.07 Å². The van der Waals surface area contributed by atoms with Crippen molar-refractivity contribution in [3.63, 3.8) is 0 Å². The number of amides is 2. The number of anilines is 1. The van der Waals surface area contributed by atoms with E-state index in [4.69, 9.17) is 14.0 Å². The first-order valence-electron chi connectivity index (χ1n) is 4.20. The molecule has 9 nitrogen and oxygen atoms in total. The van der Waals surface area contributed by atoms with Gasteiger partial charge >= 0.3 is 6.03 Å². The van der Waals surface area contributed by atoms with Crippen LogP contribution in [-0.4, -0.2) is 39.0 Å². The van der Waals surface area contributed by atoms with Crippen LogP contribution in [0.1, 0.15) is 0 Å². The van der Waals surface area contributed by atoms with E-state index < -0.39 is 17.3 Å². The molecule has 94 valence electrons. The molecule has 0 aliphatic heterocycles. The van der Waals surface area contributed by atoms with E-state index in [-0.39, 0.29) is 17.7 Å². The molecule has 3 N–H and O–H groups in total. The van der Waals surface area contributed by atoms with Crippen molar-refractivity contribution in [2.75, 3.05) is 19.5 Å². The molecule has 1 aromatic heterocycles. The second-order valence-corrected chi connectivity index (χ2v) is 3.28. The lowest BCUT2D eigenvalue weighted by Gasteiger charge is -2.06. The summed E-state index contributed by atoms with van der Waals surface area (Å²) in [5.41, 5.74) is 0. The summed E-state index contributed by atoms with van der Waals surface area (Å²) in [5.74, 6) is 0.235. The van der Waals surface area contributed by atoms with Gasteiger partial charge in [0.25, 0.3) is 11.3 Å². The topological polar surface area (TPSA) is 123 Å².